The highest BCUT2D eigenvalue weighted by Crippen LogP contribution is 2.61. The van der Waals surface area contributed by atoms with Gasteiger partial charge in [-0.15, -0.1) is 0 Å². The van der Waals surface area contributed by atoms with Crippen molar-refractivity contribution in [2.75, 3.05) is 32.6 Å². The second-order valence-electron chi connectivity index (χ2n) is 14.6. The van der Waals surface area contributed by atoms with E-state index in [9.17, 15) is 18.4 Å². The number of hydrogen-bond donors (Lipinski definition) is 1. The molecule has 10 heteroatoms. The van der Waals surface area contributed by atoms with Crippen molar-refractivity contribution in [3.8, 4) is 5.75 Å². The number of fused-ring (bicyclic) bond motifs is 1. The maximum absolute atomic E-state index is 14.4. The third-order valence-corrected chi connectivity index (χ3v) is 9.78. The molecule has 3 fully saturated rings. The number of aromatic nitrogens is 1. The average Bonchev–Trinajstić information content (AvgIpc) is 3.70. The van der Waals surface area contributed by atoms with E-state index < -0.39 is 29.0 Å². The number of benzene rings is 2. The second kappa shape index (κ2) is 11.9. The molecular formula is C36H45F2N3O5. The molecule has 1 aromatic heterocycles. The summed E-state index contributed by atoms with van der Waals surface area (Å²) in [5.74, 6) is -1.76. The summed E-state index contributed by atoms with van der Waals surface area (Å²) in [6.45, 7) is 9.35. The highest BCUT2D eigenvalue weighted by atomic mass is 19.3. The van der Waals surface area contributed by atoms with Crippen LogP contribution in [0.1, 0.15) is 92.4 Å². The van der Waals surface area contributed by atoms with Crippen LogP contribution in [0, 0.1) is 18.3 Å². The number of likely N-dealkylation sites (tertiary alicyclic amines) is 1. The lowest BCUT2D eigenvalue weighted by Gasteiger charge is -2.55. The zero-order valence-corrected chi connectivity index (χ0v) is 27.7. The van der Waals surface area contributed by atoms with Crippen LogP contribution < -0.4 is 10.1 Å². The summed E-state index contributed by atoms with van der Waals surface area (Å²) in [6.07, 6.45) is 4.65. The van der Waals surface area contributed by atoms with Crippen molar-refractivity contribution in [3.63, 3.8) is 0 Å². The van der Waals surface area contributed by atoms with Crippen LogP contribution in [0.4, 0.5) is 19.3 Å². The van der Waals surface area contributed by atoms with Crippen molar-refractivity contribution in [1.82, 2.24) is 9.47 Å². The van der Waals surface area contributed by atoms with Gasteiger partial charge in [-0.3, -0.25) is 9.47 Å². The van der Waals surface area contributed by atoms with Crippen LogP contribution in [0.3, 0.4) is 0 Å². The number of alkyl halides is 2. The zero-order valence-electron chi connectivity index (χ0n) is 27.7. The molecule has 3 aliphatic rings. The lowest BCUT2D eigenvalue weighted by Crippen LogP contribution is -2.53. The van der Waals surface area contributed by atoms with Gasteiger partial charge in [-0.05, 0) is 107 Å². The minimum atomic E-state index is -2.63. The highest BCUT2D eigenvalue weighted by molar-refractivity contribution is 5.95. The van der Waals surface area contributed by atoms with Crippen molar-refractivity contribution in [3.05, 3.63) is 58.8 Å². The van der Waals surface area contributed by atoms with E-state index in [4.69, 9.17) is 14.2 Å². The molecule has 6 rings (SSSR count). The first kappa shape index (κ1) is 32.3. The number of esters is 1. The molecule has 248 valence electrons. The lowest BCUT2D eigenvalue weighted by molar-refractivity contribution is -0.186. The number of anilines is 1. The molecule has 0 amide bonds. The fourth-order valence-electron chi connectivity index (χ4n) is 7.44. The number of piperidine rings is 1. The Morgan fingerprint density at radius 3 is 2.46 bits per heavy atom. The Bertz CT molecular complexity index is 1650. The van der Waals surface area contributed by atoms with Crippen LogP contribution in [0.25, 0.3) is 10.9 Å². The Morgan fingerprint density at radius 2 is 1.83 bits per heavy atom. The van der Waals surface area contributed by atoms with Crippen molar-refractivity contribution >= 4 is 28.7 Å². The number of nitrogens with one attached hydrogen (secondary N) is 1. The monoisotopic (exact) mass is 637 g/mol. The van der Waals surface area contributed by atoms with Gasteiger partial charge >= 0.3 is 12.1 Å². The molecule has 2 saturated carbocycles. The number of aryl methyl sites for hydroxylation is 1. The van der Waals surface area contributed by atoms with E-state index in [2.05, 4.69) is 10.2 Å². The third kappa shape index (κ3) is 6.46. The topological polar surface area (TPSA) is 82.0 Å². The number of halogens is 2. The highest BCUT2D eigenvalue weighted by Gasteiger charge is 2.58. The van der Waals surface area contributed by atoms with Crippen LogP contribution in [-0.2, 0) is 16.0 Å². The zero-order chi connectivity index (χ0) is 33.0. The van der Waals surface area contributed by atoms with Gasteiger partial charge in [0.1, 0.15) is 11.4 Å². The summed E-state index contributed by atoms with van der Waals surface area (Å²) in [7, 11) is 3.00. The smallest absolute Gasteiger partial charge is 0.419 e. The number of rotatable bonds is 8. The molecule has 0 unspecified atom stereocenters. The number of methoxy groups -OCH3 is 2. The number of carbonyl (C=O) groups is 2. The number of carbonyl (C=O) groups excluding carboxylic acids is 2. The Kier molecular flexibility index (Phi) is 8.32. The summed E-state index contributed by atoms with van der Waals surface area (Å²) in [5, 5.41) is 4.47. The van der Waals surface area contributed by atoms with Crippen molar-refractivity contribution in [2.45, 2.75) is 90.3 Å². The Hall–Kier alpha value is -3.66. The standard InChI is InChI=1S/C36H45F2N3O5/c1-22-15-30(44-5)27(25-11-13-41(31(22)25)33(43)46-34(2,3)4)19-40-14-12-35(20-36(37,38)21-35)17-29(40)26-10-9-24(32(42)45-6)16-28(26)39-18-23-7-8-23/h9-11,13,15-16,23,29,39H,7-8,12,14,17-21H2,1-6H3/t29-/m0/s1. The minimum Gasteiger partial charge on any atom is -0.496 e. The fraction of sp³-hybridized carbons (Fsp3) is 0.556. The largest absolute Gasteiger partial charge is 0.496 e. The molecule has 3 aromatic rings. The quantitative estimate of drug-likeness (QED) is 0.250. The van der Waals surface area contributed by atoms with Gasteiger partial charge in [0.2, 0.25) is 5.92 Å². The number of hydrogen-bond acceptors (Lipinski definition) is 7. The first-order valence-corrected chi connectivity index (χ1v) is 16.2. The molecule has 8 nitrogen and oxygen atoms in total. The molecule has 2 aliphatic carbocycles. The van der Waals surface area contributed by atoms with E-state index in [0.29, 0.717) is 43.2 Å². The molecule has 2 heterocycles. The van der Waals surface area contributed by atoms with Crippen molar-refractivity contribution in [1.29, 1.82) is 0 Å². The SMILES string of the molecule is COC(=O)c1ccc([C@@H]2CC3(CCN2Cc2c(OC)cc(C)c4c2ccn4C(=O)OC(C)(C)C)CC(F)(F)C3)c(NCC2CC2)c1. The van der Waals surface area contributed by atoms with E-state index in [0.717, 1.165) is 39.8 Å². The summed E-state index contributed by atoms with van der Waals surface area (Å²) in [6, 6.07) is 9.24. The van der Waals surface area contributed by atoms with E-state index in [-0.39, 0.29) is 18.9 Å². The Labute approximate surface area is 269 Å². The van der Waals surface area contributed by atoms with Crippen LogP contribution in [0.15, 0.2) is 36.5 Å². The molecular weight excluding hydrogens is 592 g/mol. The van der Waals surface area contributed by atoms with Gasteiger partial charge in [-0.2, -0.15) is 0 Å². The maximum Gasteiger partial charge on any atom is 0.419 e. The van der Waals surface area contributed by atoms with Crippen LogP contribution in [-0.4, -0.2) is 60.4 Å². The van der Waals surface area contributed by atoms with E-state index in [1.165, 1.54) is 20.0 Å². The van der Waals surface area contributed by atoms with Crippen molar-refractivity contribution < 1.29 is 32.6 Å². The molecule has 0 radical (unpaired) electrons. The molecule has 46 heavy (non-hydrogen) atoms. The molecule has 1 saturated heterocycles. The normalized spacial score (nSPS) is 20.7. The minimum absolute atomic E-state index is 0.105. The predicted octanol–water partition coefficient (Wildman–Crippen LogP) is 8.10. The van der Waals surface area contributed by atoms with Gasteiger partial charge in [0.05, 0.1) is 25.3 Å². The van der Waals surface area contributed by atoms with Gasteiger partial charge in [-0.25, -0.2) is 18.4 Å². The summed E-state index contributed by atoms with van der Waals surface area (Å²) >= 11 is 0. The van der Waals surface area contributed by atoms with Crippen LogP contribution in [0.2, 0.25) is 0 Å². The second-order valence-corrected chi connectivity index (χ2v) is 14.6. The molecule has 2 aromatic carbocycles. The molecule has 1 N–H and O–H groups in total. The summed E-state index contributed by atoms with van der Waals surface area (Å²) in [5.41, 5.74) is 3.73. The van der Waals surface area contributed by atoms with Gasteiger partial charge in [-0.1, -0.05) is 6.07 Å². The van der Waals surface area contributed by atoms with Gasteiger partial charge < -0.3 is 19.5 Å². The van der Waals surface area contributed by atoms with Gasteiger partial charge in [0, 0.05) is 54.8 Å². The molecule has 0 bridgehead atoms. The molecule has 1 spiro atoms. The Balaban J connectivity index is 1.40. The van der Waals surface area contributed by atoms with Gasteiger partial charge in [0.15, 0.2) is 0 Å². The van der Waals surface area contributed by atoms with E-state index >= 15 is 0 Å². The fourth-order valence-corrected chi connectivity index (χ4v) is 7.44. The van der Waals surface area contributed by atoms with E-state index in [1.807, 2.05) is 52.0 Å². The molecule has 1 atom stereocenters. The first-order chi connectivity index (χ1) is 21.7. The lowest BCUT2D eigenvalue weighted by atomic mass is 9.58. The molecule has 1 aliphatic heterocycles. The average molecular weight is 638 g/mol. The number of nitrogens with zero attached hydrogens (tertiary/aromatic N) is 2. The van der Waals surface area contributed by atoms with E-state index in [1.54, 1.807) is 23.9 Å². The van der Waals surface area contributed by atoms with Gasteiger partial charge in [0.25, 0.3) is 0 Å². The van der Waals surface area contributed by atoms with Crippen LogP contribution in [0.5, 0.6) is 5.75 Å². The van der Waals surface area contributed by atoms with Crippen molar-refractivity contribution in [2.24, 2.45) is 11.3 Å². The predicted molar refractivity (Wildman–Crippen MR) is 173 cm³/mol. The van der Waals surface area contributed by atoms with Crippen LogP contribution >= 0.6 is 0 Å². The first-order valence-electron chi connectivity index (χ1n) is 16.2. The maximum atomic E-state index is 14.4. The summed E-state index contributed by atoms with van der Waals surface area (Å²) < 4.78 is 46.9. The number of ether oxygens (including phenoxy) is 3. The third-order valence-electron chi connectivity index (χ3n) is 9.78. The summed E-state index contributed by atoms with van der Waals surface area (Å²) in [4.78, 5) is 28.0. The Morgan fingerprint density at radius 1 is 1.09 bits per heavy atom.